The third-order valence-corrected chi connectivity index (χ3v) is 6.38. The van der Waals surface area contributed by atoms with E-state index in [2.05, 4.69) is 24.5 Å². The smallest absolute Gasteiger partial charge is 0.188 e. The Bertz CT molecular complexity index is 1150. The van der Waals surface area contributed by atoms with Crippen molar-refractivity contribution in [3.05, 3.63) is 95.4 Å². The summed E-state index contributed by atoms with van der Waals surface area (Å²) in [4.78, 5) is 25.8. The highest BCUT2D eigenvalue weighted by Crippen LogP contribution is 2.32. The predicted molar refractivity (Wildman–Crippen MR) is 153 cm³/mol. The van der Waals surface area contributed by atoms with E-state index in [1.807, 2.05) is 48.5 Å². The highest BCUT2D eigenvalue weighted by atomic mass is 16.5. The van der Waals surface area contributed by atoms with Gasteiger partial charge in [-0.1, -0.05) is 39.5 Å². The lowest BCUT2D eigenvalue weighted by atomic mass is 9.86. The molecule has 198 valence electrons. The first kappa shape index (κ1) is 27.0. The molecular formula is C32H36N2O4. The second kappa shape index (κ2) is 13.5. The molecule has 38 heavy (non-hydrogen) atoms. The Morgan fingerprint density at radius 3 is 1.32 bits per heavy atom. The number of fused-ring (bicyclic) bond motifs is 1. The zero-order valence-corrected chi connectivity index (χ0v) is 22.2. The monoisotopic (exact) mass is 512 g/mol. The highest BCUT2D eigenvalue weighted by Gasteiger charge is 2.30. The molecule has 0 saturated carbocycles. The number of allylic oxidation sites excluding steroid dienone is 6. The van der Waals surface area contributed by atoms with Gasteiger partial charge in [0.2, 0.25) is 0 Å². The van der Waals surface area contributed by atoms with Crippen molar-refractivity contribution in [1.29, 1.82) is 0 Å². The fourth-order valence-corrected chi connectivity index (χ4v) is 4.31. The Morgan fingerprint density at radius 2 is 0.947 bits per heavy atom. The molecular weight excluding hydrogens is 476 g/mol. The lowest BCUT2D eigenvalue weighted by Crippen LogP contribution is -2.24. The zero-order valence-electron chi connectivity index (χ0n) is 22.2. The van der Waals surface area contributed by atoms with Crippen LogP contribution in [0.4, 0.5) is 11.4 Å². The lowest BCUT2D eigenvalue weighted by molar-refractivity contribution is -0.114. The van der Waals surface area contributed by atoms with Gasteiger partial charge in [-0.3, -0.25) is 9.59 Å². The number of hydrogen-bond donors (Lipinski definition) is 2. The quantitative estimate of drug-likeness (QED) is 0.262. The third-order valence-electron chi connectivity index (χ3n) is 6.38. The average molecular weight is 513 g/mol. The number of unbranched alkanes of at least 4 members (excludes halogenated alkanes) is 4. The van der Waals surface area contributed by atoms with E-state index in [-0.39, 0.29) is 11.6 Å². The van der Waals surface area contributed by atoms with E-state index < -0.39 is 0 Å². The minimum absolute atomic E-state index is 0.211. The molecule has 0 amide bonds. The van der Waals surface area contributed by atoms with Crippen molar-refractivity contribution in [1.82, 2.24) is 0 Å². The number of nitrogens with one attached hydrogen (secondary N) is 2. The molecule has 2 aliphatic rings. The summed E-state index contributed by atoms with van der Waals surface area (Å²) in [6.45, 7) is 5.72. The molecule has 0 unspecified atom stereocenters. The van der Waals surface area contributed by atoms with Gasteiger partial charge in [-0.15, -0.1) is 0 Å². The van der Waals surface area contributed by atoms with Crippen LogP contribution in [-0.2, 0) is 9.59 Å². The maximum absolute atomic E-state index is 12.9. The van der Waals surface area contributed by atoms with Crippen molar-refractivity contribution in [3.63, 3.8) is 0 Å². The van der Waals surface area contributed by atoms with Gasteiger partial charge in [0.25, 0.3) is 0 Å². The third kappa shape index (κ3) is 7.03. The minimum atomic E-state index is -0.211. The first-order chi connectivity index (χ1) is 18.6. The van der Waals surface area contributed by atoms with Gasteiger partial charge < -0.3 is 20.1 Å². The second-order valence-electron chi connectivity index (χ2n) is 9.38. The van der Waals surface area contributed by atoms with Crippen LogP contribution in [-0.4, -0.2) is 24.8 Å². The molecule has 0 spiro atoms. The number of benzene rings is 2. The predicted octanol–water partition coefficient (Wildman–Crippen LogP) is 7.13. The Hall–Kier alpha value is -4.06. The first-order valence-corrected chi connectivity index (χ1v) is 13.5. The van der Waals surface area contributed by atoms with Gasteiger partial charge >= 0.3 is 0 Å². The Morgan fingerprint density at radius 1 is 0.553 bits per heavy atom. The van der Waals surface area contributed by atoms with Crippen molar-refractivity contribution < 1.29 is 19.1 Å². The average Bonchev–Trinajstić information content (AvgIpc) is 2.93. The SMILES string of the molecule is CCCCCOc1ccc(NC2=C3C(=O)C=CC(Nc4ccc(OCCCCC)cc4)=C3C(=O)C=C2)cc1. The molecule has 0 saturated heterocycles. The molecule has 2 aromatic rings. The fourth-order valence-electron chi connectivity index (χ4n) is 4.31. The first-order valence-electron chi connectivity index (χ1n) is 13.5. The van der Waals surface area contributed by atoms with E-state index in [0.717, 1.165) is 61.4 Å². The summed E-state index contributed by atoms with van der Waals surface area (Å²) in [5.74, 6) is 1.19. The van der Waals surface area contributed by atoms with Gasteiger partial charge in [0.15, 0.2) is 11.6 Å². The molecule has 0 bridgehead atoms. The maximum Gasteiger partial charge on any atom is 0.188 e. The van der Waals surface area contributed by atoms with E-state index in [1.165, 1.54) is 12.2 Å². The Labute approximate surface area is 225 Å². The number of carbonyl (C=O) groups is 2. The molecule has 4 rings (SSSR count). The molecule has 0 radical (unpaired) electrons. The van der Waals surface area contributed by atoms with E-state index >= 15 is 0 Å². The molecule has 0 atom stereocenters. The molecule has 2 aliphatic carbocycles. The topological polar surface area (TPSA) is 76.7 Å². The molecule has 0 fully saturated rings. The van der Waals surface area contributed by atoms with Gasteiger partial charge in [0.05, 0.1) is 35.8 Å². The van der Waals surface area contributed by atoms with Gasteiger partial charge in [0.1, 0.15) is 11.5 Å². The summed E-state index contributed by atoms with van der Waals surface area (Å²) >= 11 is 0. The number of rotatable bonds is 14. The van der Waals surface area contributed by atoms with Crippen LogP contribution in [0.25, 0.3) is 0 Å². The Kier molecular flexibility index (Phi) is 9.57. The van der Waals surface area contributed by atoms with Crippen LogP contribution in [0.15, 0.2) is 95.4 Å². The second-order valence-corrected chi connectivity index (χ2v) is 9.38. The van der Waals surface area contributed by atoms with E-state index in [9.17, 15) is 9.59 Å². The van der Waals surface area contributed by atoms with Crippen molar-refractivity contribution in [2.75, 3.05) is 23.8 Å². The molecule has 0 heterocycles. The number of ketones is 2. The van der Waals surface area contributed by atoms with Gasteiger partial charge in [-0.2, -0.15) is 0 Å². The van der Waals surface area contributed by atoms with E-state index in [4.69, 9.17) is 9.47 Å². The Balaban J connectivity index is 1.49. The zero-order chi connectivity index (χ0) is 26.7. The van der Waals surface area contributed by atoms with Crippen molar-refractivity contribution in [2.24, 2.45) is 0 Å². The van der Waals surface area contributed by atoms with Crippen molar-refractivity contribution >= 4 is 22.9 Å². The summed E-state index contributed by atoms with van der Waals surface area (Å²) in [7, 11) is 0. The normalized spacial score (nSPS) is 14.6. The van der Waals surface area contributed by atoms with Crippen LogP contribution >= 0.6 is 0 Å². The van der Waals surface area contributed by atoms with E-state index in [0.29, 0.717) is 35.8 Å². The van der Waals surface area contributed by atoms with Gasteiger partial charge in [0, 0.05) is 11.4 Å². The molecule has 6 heteroatoms. The summed E-state index contributed by atoms with van der Waals surface area (Å²) in [5.41, 5.74) is 3.49. The van der Waals surface area contributed by atoms with Crippen LogP contribution in [0.3, 0.4) is 0 Å². The highest BCUT2D eigenvalue weighted by molar-refractivity contribution is 6.23. The standard InChI is InChI=1S/C32H36N2O4/c1-3-5-7-21-37-25-13-9-23(10-14-25)33-27-17-19-30(36)32-28(18-20-29(35)31(27)32)34-24-11-15-26(16-12-24)38-22-8-6-4-2/h9-20,33-34H,3-8,21-22H2,1-2H3. The lowest BCUT2D eigenvalue weighted by Gasteiger charge is -2.23. The van der Waals surface area contributed by atoms with Crippen molar-refractivity contribution in [2.45, 2.75) is 52.4 Å². The minimum Gasteiger partial charge on any atom is -0.494 e. The molecule has 0 aromatic heterocycles. The van der Waals surface area contributed by atoms with Crippen LogP contribution in [0.2, 0.25) is 0 Å². The van der Waals surface area contributed by atoms with Gasteiger partial charge in [-0.05, 0) is 85.7 Å². The van der Waals surface area contributed by atoms with Crippen LogP contribution in [0, 0.1) is 0 Å². The van der Waals surface area contributed by atoms with Crippen LogP contribution < -0.4 is 20.1 Å². The molecule has 0 aliphatic heterocycles. The van der Waals surface area contributed by atoms with Crippen LogP contribution in [0.5, 0.6) is 11.5 Å². The van der Waals surface area contributed by atoms with Gasteiger partial charge in [-0.25, -0.2) is 0 Å². The van der Waals surface area contributed by atoms with E-state index in [1.54, 1.807) is 12.2 Å². The summed E-state index contributed by atoms with van der Waals surface area (Å²) in [6.07, 6.45) is 13.0. The summed E-state index contributed by atoms with van der Waals surface area (Å²) in [6, 6.07) is 15.2. The van der Waals surface area contributed by atoms with Crippen molar-refractivity contribution in [3.8, 4) is 11.5 Å². The molecule has 2 aromatic carbocycles. The largest absolute Gasteiger partial charge is 0.494 e. The summed E-state index contributed by atoms with van der Waals surface area (Å²) in [5, 5.41) is 6.61. The number of carbonyl (C=O) groups excluding carboxylic acids is 2. The fraction of sp³-hybridized carbons (Fsp3) is 0.312. The van der Waals surface area contributed by atoms with Crippen LogP contribution in [0.1, 0.15) is 52.4 Å². The molecule has 2 N–H and O–H groups in total. The number of hydrogen-bond acceptors (Lipinski definition) is 6. The maximum atomic E-state index is 12.9. The summed E-state index contributed by atoms with van der Waals surface area (Å²) < 4.78 is 11.6. The number of anilines is 2. The molecule has 6 nitrogen and oxygen atoms in total. The number of ether oxygens (including phenoxy) is 2.